The van der Waals surface area contributed by atoms with E-state index in [9.17, 15) is 0 Å². The van der Waals surface area contributed by atoms with Crippen molar-refractivity contribution in [2.75, 3.05) is 5.73 Å². The maximum Gasteiger partial charge on any atom is 0.199 e. The molecule has 2 aromatic carbocycles. The molecule has 0 radical (unpaired) electrons. The summed E-state index contributed by atoms with van der Waals surface area (Å²) in [6, 6.07) is 14.9. The molecule has 0 bridgehead atoms. The summed E-state index contributed by atoms with van der Waals surface area (Å²) >= 11 is 12.0. The van der Waals surface area contributed by atoms with Gasteiger partial charge in [-0.1, -0.05) is 59.6 Å². The van der Waals surface area contributed by atoms with Crippen LogP contribution in [0.25, 0.3) is 0 Å². The molecule has 3 N–H and O–H groups in total. The fourth-order valence-electron chi connectivity index (χ4n) is 2.09. The maximum atomic E-state index is 6.13. The fourth-order valence-corrected chi connectivity index (χ4v) is 2.55. The first-order valence-corrected chi connectivity index (χ1v) is 8.37. The number of hydroxylamine groups is 1. The van der Waals surface area contributed by atoms with Crippen LogP contribution in [-0.4, -0.2) is 16.1 Å². The minimum absolute atomic E-state index is 0.109. The first kappa shape index (κ1) is 18.2. The van der Waals surface area contributed by atoms with Crippen molar-refractivity contribution in [3.05, 3.63) is 75.4 Å². The highest BCUT2D eigenvalue weighted by Crippen LogP contribution is 2.21. The predicted octanol–water partition coefficient (Wildman–Crippen LogP) is 3.63. The van der Waals surface area contributed by atoms with Crippen molar-refractivity contribution in [3.8, 4) is 0 Å². The van der Waals surface area contributed by atoms with E-state index in [1.165, 1.54) is 0 Å². The third-order valence-corrected chi connectivity index (χ3v) is 4.00. The summed E-state index contributed by atoms with van der Waals surface area (Å²) in [7, 11) is 0. The van der Waals surface area contributed by atoms with Gasteiger partial charge in [-0.15, -0.1) is 0 Å². The van der Waals surface area contributed by atoms with E-state index in [4.69, 9.17) is 33.8 Å². The second-order valence-corrected chi connectivity index (χ2v) is 6.12. The molecule has 1 aromatic heterocycles. The summed E-state index contributed by atoms with van der Waals surface area (Å²) in [6.07, 6.45) is 0. The van der Waals surface area contributed by atoms with Crippen LogP contribution in [-0.2, 0) is 18.0 Å². The average Bonchev–Trinajstić information content (AvgIpc) is 3.06. The summed E-state index contributed by atoms with van der Waals surface area (Å²) in [5.41, 5.74) is 10.5. The number of nitrogens with one attached hydrogen (secondary N) is 1. The monoisotopic (exact) mass is 391 g/mol. The number of anilines is 1. The van der Waals surface area contributed by atoms with Crippen LogP contribution < -0.4 is 11.2 Å². The van der Waals surface area contributed by atoms with Gasteiger partial charge in [0.2, 0.25) is 0 Å². The number of hydrogen-bond donors (Lipinski definition) is 2. The lowest BCUT2D eigenvalue weighted by Crippen LogP contribution is -2.26. The molecule has 134 valence electrons. The van der Waals surface area contributed by atoms with Gasteiger partial charge in [0.15, 0.2) is 17.3 Å². The summed E-state index contributed by atoms with van der Waals surface area (Å²) in [6.45, 7) is 0.589. The van der Waals surface area contributed by atoms with Gasteiger partial charge in [-0.05, 0) is 33.6 Å². The quantitative estimate of drug-likeness (QED) is 0.378. The Kier molecular flexibility index (Phi) is 6.06. The fraction of sp³-hybridized carbons (Fsp3) is 0.118. The topological polar surface area (TPSA) is 98.6 Å². The Morgan fingerprint density at radius 2 is 1.96 bits per heavy atom. The molecule has 0 spiro atoms. The molecule has 26 heavy (non-hydrogen) atoms. The third-order valence-electron chi connectivity index (χ3n) is 3.41. The number of rotatable bonds is 6. The van der Waals surface area contributed by atoms with Crippen molar-refractivity contribution < 1.29 is 9.47 Å². The highest BCUT2D eigenvalue weighted by molar-refractivity contribution is 6.35. The van der Waals surface area contributed by atoms with E-state index in [1.807, 2.05) is 30.3 Å². The molecular formula is C17H15Cl2N5O2. The van der Waals surface area contributed by atoms with E-state index < -0.39 is 0 Å². The molecular weight excluding hydrogens is 377 g/mol. The van der Waals surface area contributed by atoms with Gasteiger partial charge in [-0.25, -0.2) is 10.1 Å². The highest BCUT2D eigenvalue weighted by atomic mass is 35.5. The zero-order chi connectivity index (χ0) is 18.4. The standard InChI is InChI=1S/C17H15Cl2N5O2/c18-13-7-6-12(14(19)8-13)10-25-24-17(15-16(20)23-26-22-15)21-9-11-4-2-1-3-5-11/h1-8H,9-10H2,(H2,20,23)(H,21,24). The molecule has 7 nitrogen and oxygen atoms in total. The van der Waals surface area contributed by atoms with Gasteiger partial charge in [0.05, 0.1) is 6.54 Å². The van der Waals surface area contributed by atoms with Gasteiger partial charge < -0.3 is 5.73 Å². The van der Waals surface area contributed by atoms with E-state index in [0.29, 0.717) is 22.4 Å². The number of aliphatic imine (C=N–C) groups is 1. The first-order chi connectivity index (χ1) is 12.6. The number of nitrogens with two attached hydrogens (primary N) is 1. The van der Waals surface area contributed by atoms with Crippen molar-refractivity contribution in [2.45, 2.75) is 13.2 Å². The molecule has 3 rings (SSSR count). The van der Waals surface area contributed by atoms with E-state index >= 15 is 0 Å². The van der Waals surface area contributed by atoms with Crippen LogP contribution in [0.1, 0.15) is 16.8 Å². The molecule has 9 heteroatoms. The number of nitrogens with zero attached hydrogens (tertiary/aromatic N) is 3. The van der Waals surface area contributed by atoms with Crippen molar-refractivity contribution in [1.29, 1.82) is 0 Å². The van der Waals surface area contributed by atoms with Crippen molar-refractivity contribution in [2.24, 2.45) is 4.99 Å². The molecule has 0 amide bonds. The lowest BCUT2D eigenvalue weighted by molar-refractivity contribution is 0.0711. The summed E-state index contributed by atoms with van der Waals surface area (Å²) in [5, 5.41) is 8.38. The summed E-state index contributed by atoms with van der Waals surface area (Å²) in [4.78, 5) is 9.95. The SMILES string of the molecule is Nc1nonc1C(=NCc1ccccc1)NOCc1ccc(Cl)cc1Cl. The minimum Gasteiger partial charge on any atom is -0.379 e. The van der Waals surface area contributed by atoms with Crippen LogP contribution in [0.15, 0.2) is 58.2 Å². The third kappa shape index (κ3) is 4.72. The normalized spacial score (nSPS) is 11.5. The zero-order valence-electron chi connectivity index (χ0n) is 13.5. The smallest absolute Gasteiger partial charge is 0.199 e. The molecule has 0 atom stereocenters. The Morgan fingerprint density at radius 3 is 2.65 bits per heavy atom. The second-order valence-electron chi connectivity index (χ2n) is 5.27. The molecule has 0 unspecified atom stereocenters. The van der Waals surface area contributed by atoms with Gasteiger partial charge in [0.25, 0.3) is 0 Å². The second kappa shape index (κ2) is 8.66. The van der Waals surface area contributed by atoms with E-state index in [1.54, 1.807) is 18.2 Å². The van der Waals surface area contributed by atoms with E-state index in [2.05, 4.69) is 25.4 Å². The molecule has 1 heterocycles. The van der Waals surface area contributed by atoms with Crippen LogP contribution in [0, 0.1) is 0 Å². The van der Waals surface area contributed by atoms with E-state index in [-0.39, 0.29) is 18.1 Å². The van der Waals surface area contributed by atoms with Gasteiger partial charge in [0.1, 0.15) is 6.61 Å². The van der Waals surface area contributed by atoms with Gasteiger partial charge >= 0.3 is 0 Å². The van der Waals surface area contributed by atoms with Crippen molar-refractivity contribution in [1.82, 2.24) is 15.8 Å². The Hall–Kier alpha value is -2.61. The molecule has 3 aromatic rings. The number of benzene rings is 2. The first-order valence-electron chi connectivity index (χ1n) is 7.62. The zero-order valence-corrected chi connectivity index (χ0v) is 15.0. The van der Waals surface area contributed by atoms with Gasteiger partial charge in [-0.3, -0.25) is 9.83 Å². The molecule has 0 saturated heterocycles. The lowest BCUT2D eigenvalue weighted by Gasteiger charge is -2.10. The Bertz CT molecular complexity index is 899. The molecule has 0 aliphatic rings. The number of hydrogen-bond acceptors (Lipinski definition) is 6. The lowest BCUT2D eigenvalue weighted by atomic mass is 10.2. The number of halogens is 2. The summed E-state index contributed by atoms with van der Waals surface area (Å²) < 4.78 is 4.64. The van der Waals surface area contributed by atoms with Crippen molar-refractivity contribution >= 4 is 34.9 Å². The largest absolute Gasteiger partial charge is 0.379 e. The number of amidine groups is 1. The van der Waals surface area contributed by atoms with Crippen LogP contribution in [0.4, 0.5) is 5.82 Å². The van der Waals surface area contributed by atoms with E-state index in [0.717, 1.165) is 11.1 Å². The Labute approximate surface area is 159 Å². The van der Waals surface area contributed by atoms with Crippen LogP contribution in [0.2, 0.25) is 10.0 Å². The van der Waals surface area contributed by atoms with Crippen LogP contribution >= 0.6 is 23.2 Å². The van der Waals surface area contributed by atoms with Crippen LogP contribution in [0.5, 0.6) is 0 Å². The highest BCUT2D eigenvalue weighted by Gasteiger charge is 2.14. The molecule has 0 aliphatic carbocycles. The Balaban J connectivity index is 1.71. The molecule has 0 fully saturated rings. The van der Waals surface area contributed by atoms with Gasteiger partial charge in [-0.2, -0.15) is 0 Å². The molecule has 0 aliphatic heterocycles. The number of aromatic nitrogens is 2. The molecule has 0 saturated carbocycles. The summed E-state index contributed by atoms with van der Waals surface area (Å²) in [5.74, 6) is 0.412. The van der Waals surface area contributed by atoms with Crippen LogP contribution in [0.3, 0.4) is 0 Å². The minimum atomic E-state index is 0.109. The average molecular weight is 392 g/mol. The number of nitrogen functional groups attached to an aromatic ring is 1. The van der Waals surface area contributed by atoms with Crippen molar-refractivity contribution in [3.63, 3.8) is 0 Å². The Morgan fingerprint density at radius 1 is 1.15 bits per heavy atom. The maximum absolute atomic E-state index is 6.13. The van der Waals surface area contributed by atoms with Gasteiger partial charge in [0, 0.05) is 10.0 Å². The predicted molar refractivity (Wildman–Crippen MR) is 99.8 cm³/mol.